The minimum atomic E-state index is -2.29. The maximum Gasteiger partial charge on any atom is 0.421 e. The predicted octanol–water partition coefficient (Wildman–Crippen LogP) is 0.170. The summed E-state index contributed by atoms with van der Waals surface area (Å²) in [5.74, 6) is -6.18. The van der Waals surface area contributed by atoms with Gasteiger partial charge in [0.1, 0.15) is 0 Å². The molecule has 0 aliphatic carbocycles. The van der Waals surface area contributed by atoms with E-state index in [0.29, 0.717) is 0 Å². The van der Waals surface area contributed by atoms with Gasteiger partial charge in [0, 0.05) is 0 Å². The van der Waals surface area contributed by atoms with Crippen molar-refractivity contribution in [2.45, 2.75) is 5.79 Å². The Morgan fingerprint density at radius 2 is 1.65 bits per heavy atom. The van der Waals surface area contributed by atoms with Gasteiger partial charge in [-0.15, -0.1) is 5.12 Å². The largest absolute Gasteiger partial charge is 0.421 e. The van der Waals surface area contributed by atoms with E-state index < -0.39 is 23.6 Å². The van der Waals surface area contributed by atoms with Crippen molar-refractivity contribution < 1.29 is 28.3 Å². The normalized spacial score (nSPS) is 20.5. The summed E-state index contributed by atoms with van der Waals surface area (Å²) in [6.45, 7) is 0. The highest BCUT2D eigenvalue weighted by molar-refractivity contribution is 6.33. The Kier molecular flexibility index (Phi) is 1.62. The maximum atomic E-state index is 13.6. The van der Waals surface area contributed by atoms with E-state index in [-0.39, 0.29) is 16.4 Å². The number of hydrogen-bond acceptors (Lipinski definition) is 5. The Hall–Kier alpha value is -2.44. The summed E-state index contributed by atoms with van der Waals surface area (Å²) >= 11 is 0. The van der Waals surface area contributed by atoms with Crippen LogP contribution < -0.4 is 5.12 Å². The first kappa shape index (κ1) is 9.76. The molecule has 1 fully saturated rings. The van der Waals surface area contributed by atoms with Crippen LogP contribution in [0.15, 0.2) is 24.3 Å². The highest BCUT2D eigenvalue weighted by Crippen LogP contribution is 2.46. The zero-order valence-electron chi connectivity index (χ0n) is 8.18. The summed E-state index contributed by atoms with van der Waals surface area (Å²) in [6.07, 6.45) is 0. The smallest absolute Gasteiger partial charge is 0.401 e. The minimum absolute atomic E-state index is 0.00769. The Bertz CT molecular complexity index is 554. The molecule has 0 saturated carbocycles. The van der Waals surface area contributed by atoms with E-state index in [2.05, 4.69) is 9.47 Å². The van der Waals surface area contributed by atoms with Crippen LogP contribution in [0.1, 0.15) is 5.56 Å². The van der Waals surface area contributed by atoms with Gasteiger partial charge in [0.15, 0.2) is 0 Å². The van der Waals surface area contributed by atoms with Crippen molar-refractivity contribution in [1.82, 2.24) is 0 Å². The predicted molar refractivity (Wildman–Crippen MR) is 48.9 cm³/mol. The first-order valence-corrected chi connectivity index (χ1v) is 4.62. The number of carbonyl (C=O) groups excluding carboxylic acids is 3. The van der Waals surface area contributed by atoms with E-state index in [9.17, 15) is 18.9 Å². The van der Waals surface area contributed by atoms with Crippen LogP contribution in [0.5, 0.6) is 0 Å². The van der Waals surface area contributed by atoms with Crippen molar-refractivity contribution in [1.29, 1.82) is 0 Å². The van der Waals surface area contributed by atoms with E-state index in [1.165, 1.54) is 24.3 Å². The lowest BCUT2D eigenvalue weighted by Crippen LogP contribution is -2.38. The molecule has 0 aromatic heterocycles. The van der Waals surface area contributed by atoms with E-state index in [0.717, 1.165) is 0 Å². The van der Waals surface area contributed by atoms with Gasteiger partial charge in [0.25, 0.3) is 0 Å². The molecule has 7 heteroatoms. The Balaban J connectivity index is 2.23. The number of nitrogens with zero attached hydrogens (tertiary/aromatic N) is 1. The lowest BCUT2D eigenvalue weighted by molar-refractivity contribution is -0.190. The number of fused-ring (bicyclic) bond motifs is 2. The second kappa shape index (κ2) is 2.82. The van der Waals surface area contributed by atoms with Crippen LogP contribution >= 0.6 is 0 Å². The van der Waals surface area contributed by atoms with Crippen LogP contribution in [0, 0.1) is 0 Å². The fourth-order valence-electron chi connectivity index (χ4n) is 1.84. The van der Waals surface area contributed by atoms with Crippen LogP contribution in [0.4, 0.5) is 10.2 Å². The number of ether oxygens (including phenoxy) is 2. The third-order valence-electron chi connectivity index (χ3n) is 2.57. The minimum Gasteiger partial charge on any atom is -0.401 e. The third kappa shape index (κ3) is 1.00. The average molecular weight is 237 g/mol. The maximum absolute atomic E-state index is 13.6. The standard InChI is InChI=1S/C10H4FNO5/c11-12-6-4-2-1-3-5(6)10(9(12)15)16-7(13)8(14)17-10/h1-4H. The SMILES string of the molecule is O=C1OC2(OC1=O)C(=O)N(F)c1ccccc12. The summed E-state index contributed by atoms with van der Waals surface area (Å²) in [4.78, 5) is 33.7. The number of esters is 2. The van der Waals surface area contributed by atoms with Crippen LogP contribution in [0.2, 0.25) is 0 Å². The number of anilines is 1. The summed E-state index contributed by atoms with van der Waals surface area (Å²) < 4.78 is 22.7. The molecule has 0 radical (unpaired) electrons. The molecule has 6 nitrogen and oxygen atoms in total. The highest BCUT2D eigenvalue weighted by Gasteiger charge is 2.64. The van der Waals surface area contributed by atoms with E-state index in [1.807, 2.05) is 0 Å². The van der Waals surface area contributed by atoms with Crippen molar-refractivity contribution in [3.63, 3.8) is 0 Å². The van der Waals surface area contributed by atoms with Gasteiger partial charge in [-0.3, -0.25) is 4.79 Å². The molecule has 1 aromatic rings. The molecule has 1 saturated heterocycles. The average Bonchev–Trinajstić information content (AvgIpc) is 2.73. The molecule has 1 aromatic carbocycles. The molecule has 2 heterocycles. The molecule has 3 rings (SSSR count). The summed E-state index contributed by atoms with van der Waals surface area (Å²) in [5.41, 5.74) is -0.119. The van der Waals surface area contributed by atoms with Gasteiger partial charge in [-0.05, 0) is 12.1 Å². The molecule has 0 atom stereocenters. The molecule has 2 aliphatic rings. The number of hydrogen-bond donors (Lipinski definition) is 0. The first-order valence-electron chi connectivity index (χ1n) is 4.62. The van der Waals surface area contributed by atoms with Crippen molar-refractivity contribution in [2.24, 2.45) is 0 Å². The first-order chi connectivity index (χ1) is 8.06. The van der Waals surface area contributed by atoms with E-state index in [1.54, 1.807) is 0 Å². The highest BCUT2D eigenvalue weighted by atomic mass is 19.2. The molecule has 0 N–H and O–H groups in total. The monoisotopic (exact) mass is 237 g/mol. The quantitative estimate of drug-likeness (QED) is 0.365. The van der Waals surface area contributed by atoms with Gasteiger partial charge in [0.05, 0.1) is 11.3 Å². The molecule has 86 valence electrons. The van der Waals surface area contributed by atoms with Crippen LogP contribution in [0.3, 0.4) is 0 Å². The number of carbonyl (C=O) groups is 3. The van der Waals surface area contributed by atoms with Crippen molar-refractivity contribution in [3.05, 3.63) is 29.8 Å². The molecule has 1 amide bonds. The fourth-order valence-corrected chi connectivity index (χ4v) is 1.84. The van der Waals surface area contributed by atoms with Gasteiger partial charge >= 0.3 is 23.6 Å². The third-order valence-corrected chi connectivity index (χ3v) is 2.57. The number of amides is 1. The Morgan fingerprint density at radius 1 is 1.06 bits per heavy atom. The van der Waals surface area contributed by atoms with Crippen molar-refractivity contribution in [3.8, 4) is 0 Å². The summed E-state index contributed by atoms with van der Waals surface area (Å²) in [7, 11) is 0. The van der Waals surface area contributed by atoms with Crippen LogP contribution in [0.25, 0.3) is 0 Å². The molecular formula is C10H4FNO5. The molecule has 0 bridgehead atoms. The lowest BCUT2D eigenvalue weighted by atomic mass is 10.1. The molecule has 17 heavy (non-hydrogen) atoms. The summed E-state index contributed by atoms with van der Waals surface area (Å²) in [6, 6.07) is 5.66. The van der Waals surface area contributed by atoms with E-state index in [4.69, 9.17) is 0 Å². The molecule has 0 unspecified atom stereocenters. The number of halogens is 1. The fraction of sp³-hybridized carbons (Fsp3) is 0.100. The number of para-hydroxylation sites is 1. The Labute approximate surface area is 93.5 Å². The zero-order chi connectivity index (χ0) is 12.2. The van der Waals surface area contributed by atoms with Crippen molar-refractivity contribution >= 4 is 23.5 Å². The Morgan fingerprint density at radius 3 is 2.29 bits per heavy atom. The molecule has 2 aliphatic heterocycles. The second-order valence-corrected chi connectivity index (χ2v) is 3.50. The van der Waals surface area contributed by atoms with Gasteiger partial charge in [0.2, 0.25) is 0 Å². The second-order valence-electron chi connectivity index (χ2n) is 3.50. The summed E-state index contributed by atoms with van der Waals surface area (Å²) in [5, 5.41) is -0.207. The molecule has 1 spiro atoms. The molecular weight excluding hydrogens is 233 g/mol. The van der Waals surface area contributed by atoms with Gasteiger partial charge in [-0.25, -0.2) is 9.59 Å². The topological polar surface area (TPSA) is 72.9 Å². The van der Waals surface area contributed by atoms with Gasteiger partial charge in [-0.2, -0.15) is 0 Å². The van der Waals surface area contributed by atoms with Gasteiger partial charge in [-0.1, -0.05) is 16.6 Å². The van der Waals surface area contributed by atoms with Crippen molar-refractivity contribution in [2.75, 3.05) is 5.12 Å². The number of rotatable bonds is 0. The van der Waals surface area contributed by atoms with Gasteiger partial charge < -0.3 is 9.47 Å². The van der Waals surface area contributed by atoms with E-state index >= 15 is 0 Å². The zero-order valence-corrected chi connectivity index (χ0v) is 8.18. The van der Waals surface area contributed by atoms with Crippen LogP contribution in [-0.2, 0) is 29.6 Å². The lowest BCUT2D eigenvalue weighted by Gasteiger charge is -2.16. The van der Waals surface area contributed by atoms with Crippen LogP contribution in [-0.4, -0.2) is 17.8 Å². The number of benzene rings is 1.